The van der Waals surface area contributed by atoms with Crippen molar-refractivity contribution in [3.8, 4) is 0 Å². The monoisotopic (exact) mass is 817 g/mol. The van der Waals surface area contributed by atoms with Crippen LogP contribution in [0.2, 0.25) is 0 Å². The Morgan fingerprint density at radius 3 is 2.32 bits per heavy atom. The third-order valence-electron chi connectivity index (χ3n) is 7.56. The fourth-order valence-corrected chi connectivity index (χ4v) is 7.42. The first kappa shape index (κ1) is 42.8. The van der Waals surface area contributed by atoms with Crippen LogP contribution < -0.4 is 20.9 Å². The Bertz CT molecular complexity index is 1880. The maximum Gasteiger partial charge on any atom is 0.478 e. The number of carbonyl (C=O) groups excluding carboxylic acids is 1. The van der Waals surface area contributed by atoms with Crippen LogP contribution in [0.5, 0.6) is 0 Å². The molecule has 5 rings (SSSR count). The van der Waals surface area contributed by atoms with E-state index in [0.29, 0.717) is 0 Å². The molecule has 296 valence electrons. The first-order chi connectivity index (χ1) is 24.6. The molecule has 11 atom stereocenters. The first-order valence-corrected chi connectivity index (χ1v) is 19.8. The SMILES string of the molecule is CC[C@H](C)O.NC(=O)c1ccc[n+]([C@@H]2O[C@H](COP(=O)([O-])OP(=O)(O)OC[C@H]3O[C@@H](n4cnc5c(N)ncnc54)[C@H](OP(=O)(O)O)[C@@H]3O)[C@@H](O)[C@H]2O)c1. The summed E-state index contributed by atoms with van der Waals surface area (Å²) in [5.74, 6) is -0.862. The van der Waals surface area contributed by atoms with Gasteiger partial charge in [0.2, 0.25) is 0 Å². The molecule has 2 unspecified atom stereocenters. The second kappa shape index (κ2) is 17.3. The summed E-state index contributed by atoms with van der Waals surface area (Å²) in [4.78, 5) is 64.4. The van der Waals surface area contributed by atoms with Gasteiger partial charge in [0.1, 0.15) is 47.9 Å². The van der Waals surface area contributed by atoms with Crippen LogP contribution in [-0.2, 0) is 41.1 Å². The number of ether oxygens (including phenoxy) is 2. The molecule has 2 aliphatic heterocycles. The van der Waals surface area contributed by atoms with Crippen molar-refractivity contribution in [2.24, 2.45) is 5.73 Å². The summed E-state index contributed by atoms with van der Waals surface area (Å²) in [6, 6.07) is 2.77. The molecular weight excluding hydrogens is 779 g/mol. The number of aliphatic hydroxyl groups is 4. The Morgan fingerprint density at radius 2 is 1.70 bits per heavy atom. The van der Waals surface area contributed by atoms with Gasteiger partial charge in [0.15, 0.2) is 36.2 Å². The Labute approximate surface area is 299 Å². The largest absolute Gasteiger partial charge is 0.756 e. The Balaban J connectivity index is 0.00000117. The topological polar surface area (TPSA) is 388 Å². The van der Waals surface area contributed by atoms with Gasteiger partial charge in [-0.05, 0) is 19.4 Å². The highest BCUT2D eigenvalue weighted by Gasteiger charge is 2.51. The molecule has 0 radical (unpaired) electrons. The number of phosphoric ester groups is 3. The van der Waals surface area contributed by atoms with E-state index in [0.717, 1.165) is 23.6 Å². The van der Waals surface area contributed by atoms with Gasteiger partial charge >= 0.3 is 15.6 Å². The maximum atomic E-state index is 12.5. The lowest BCUT2D eigenvalue weighted by atomic mass is 10.1. The lowest BCUT2D eigenvalue weighted by Crippen LogP contribution is -2.46. The second-order valence-corrected chi connectivity index (χ2v) is 15.7. The number of hydrogen-bond acceptors (Lipinski definition) is 19. The van der Waals surface area contributed by atoms with Crippen LogP contribution in [0, 0.1) is 0 Å². The van der Waals surface area contributed by atoms with Gasteiger partial charge in [-0.1, -0.05) is 6.92 Å². The molecule has 2 aliphatic rings. The fourth-order valence-electron chi connectivity index (χ4n) is 4.82. The van der Waals surface area contributed by atoms with Crippen LogP contribution in [0.25, 0.3) is 11.2 Å². The predicted molar refractivity (Wildman–Crippen MR) is 170 cm³/mol. The highest BCUT2D eigenvalue weighted by Crippen LogP contribution is 2.58. The van der Waals surface area contributed by atoms with Crippen molar-refractivity contribution >= 4 is 46.4 Å². The summed E-state index contributed by atoms with van der Waals surface area (Å²) in [5.41, 5.74) is 11.1. The van der Waals surface area contributed by atoms with Gasteiger partial charge in [-0.15, -0.1) is 0 Å². The number of aliphatic hydroxyl groups excluding tert-OH is 4. The minimum Gasteiger partial charge on any atom is -0.756 e. The van der Waals surface area contributed by atoms with Gasteiger partial charge in [-0.3, -0.25) is 23.0 Å². The Hall–Kier alpha value is -2.90. The number of primary amides is 1. The average Bonchev–Trinajstić information content (AvgIpc) is 3.72. The van der Waals surface area contributed by atoms with E-state index in [1.54, 1.807) is 6.92 Å². The normalized spacial score (nSPS) is 28.9. The standard InChI is InChI=1S/C21H28N7O17P3.C4H10O/c22-17-12-19(25-7-24-17)28(8-26-12)21-16(44-46(33,34)35)14(30)11(43-21)6-41-48(38,39)45-47(36,37)40-5-10-13(29)15(31)20(42-10)27-3-1-2-9(4-27)18(23)32;1-3-4(2)5/h1-4,7-8,10-11,13-16,20-21,29-31H,5-6H2,(H7-,22,23,24,25,32,33,34,35,36,37,38,39);4-5H,3H2,1-2H3/t10-,11-,13-,14-,15-,16-,20-,21-;4-/m10/s1. The molecule has 1 amide bonds. The van der Waals surface area contributed by atoms with Crippen molar-refractivity contribution < 1.29 is 90.4 Å². The molecule has 0 saturated carbocycles. The molecule has 53 heavy (non-hydrogen) atoms. The number of imidazole rings is 1. The summed E-state index contributed by atoms with van der Waals surface area (Å²) in [6.07, 6.45) is -7.85. The zero-order chi connectivity index (χ0) is 39.5. The molecule has 2 fully saturated rings. The van der Waals surface area contributed by atoms with E-state index in [4.69, 9.17) is 26.0 Å². The molecule has 3 aromatic heterocycles. The van der Waals surface area contributed by atoms with Gasteiger partial charge in [0.25, 0.3) is 20.0 Å². The highest BCUT2D eigenvalue weighted by atomic mass is 31.3. The molecule has 0 bridgehead atoms. The van der Waals surface area contributed by atoms with E-state index in [2.05, 4.69) is 32.8 Å². The minimum absolute atomic E-state index is 0.00541. The number of fused-ring (bicyclic) bond motifs is 1. The Kier molecular flexibility index (Phi) is 14.0. The van der Waals surface area contributed by atoms with Gasteiger partial charge in [0, 0.05) is 6.07 Å². The smallest absolute Gasteiger partial charge is 0.478 e. The van der Waals surface area contributed by atoms with Crippen molar-refractivity contribution in [2.45, 2.75) is 75.5 Å². The van der Waals surface area contributed by atoms with Gasteiger partial charge in [-0.25, -0.2) is 28.4 Å². The number of anilines is 1. The van der Waals surface area contributed by atoms with Crippen LogP contribution in [0.1, 0.15) is 43.1 Å². The van der Waals surface area contributed by atoms with Crippen molar-refractivity contribution in [3.63, 3.8) is 0 Å². The molecule has 0 aromatic carbocycles. The van der Waals surface area contributed by atoms with E-state index < -0.39 is 91.7 Å². The average molecular weight is 818 g/mol. The van der Waals surface area contributed by atoms with E-state index in [1.165, 1.54) is 29.1 Å². The minimum atomic E-state index is -5.72. The molecule has 28 heteroatoms. The van der Waals surface area contributed by atoms with Crippen LogP contribution in [0.4, 0.5) is 5.82 Å². The third-order valence-corrected chi connectivity index (χ3v) is 10.6. The van der Waals surface area contributed by atoms with Gasteiger partial charge in [-0.2, -0.15) is 4.57 Å². The van der Waals surface area contributed by atoms with E-state index in [1.807, 2.05) is 6.92 Å². The molecule has 3 aromatic rings. The zero-order valence-corrected chi connectivity index (χ0v) is 30.3. The quantitative estimate of drug-likeness (QED) is 0.0588. The lowest BCUT2D eigenvalue weighted by molar-refractivity contribution is -0.765. The van der Waals surface area contributed by atoms with Gasteiger partial charge in [0.05, 0.1) is 25.6 Å². The maximum absolute atomic E-state index is 12.5. The summed E-state index contributed by atoms with van der Waals surface area (Å²) in [5, 5.41) is 39.8. The van der Waals surface area contributed by atoms with Crippen molar-refractivity contribution in [1.29, 1.82) is 0 Å². The number of carbonyl (C=O) groups is 1. The predicted octanol–water partition coefficient (Wildman–Crippen LogP) is -2.75. The number of phosphoric acid groups is 3. The summed E-state index contributed by atoms with van der Waals surface area (Å²) < 4.78 is 67.9. The molecular formula is C25H38N7O18P3. The molecule has 25 nitrogen and oxygen atoms in total. The van der Waals surface area contributed by atoms with Crippen LogP contribution in [0.3, 0.4) is 0 Å². The Morgan fingerprint density at radius 1 is 1.06 bits per heavy atom. The first-order valence-electron chi connectivity index (χ1n) is 15.3. The zero-order valence-electron chi connectivity index (χ0n) is 27.6. The third kappa shape index (κ3) is 11.1. The van der Waals surface area contributed by atoms with E-state index in [-0.39, 0.29) is 28.6 Å². The van der Waals surface area contributed by atoms with Crippen molar-refractivity contribution in [2.75, 3.05) is 18.9 Å². The number of pyridine rings is 1. The van der Waals surface area contributed by atoms with Gasteiger partial charge < -0.3 is 65.5 Å². The van der Waals surface area contributed by atoms with Crippen molar-refractivity contribution in [1.82, 2.24) is 19.5 Å². The highest BCUT2D eigenvalue weighted by molar-refractivity contribution is 7.60. The molecule has 0 aliphatic carbocycles. The second-order valence-electron chi connectivity index (χ2n) is 11.5. The molecule has 5 heterocycles. The lowest BCUT2D eigenvalue weighted by Gasteiger charge is -2.26. The van der Waals surface area contributed by atoms with Crippen LogP contribution in [0.15, 0.2) is 37.2 Å². The number of aromatic nitrogens is 5. The number of nitrogens with zero attached hydrogens (tertiary/aromatic N) is 5. The molecule has 2 saturated heterocycles. The fraction of sp³-hybridized carbons (Fsp3) is 0.560. The number of amides is 1. The molecule has 11 N–H and O–H groups in total. The van der Waals surface area contributed by atoms with E-state index in [9.17, 15) is 53.4 Å². The number of nitrogens with two attached hydrogens (primary N) is 2. The number of rotatable bonds is 14. The van der Waals surface area contributed by atoms with Crippen molar-refractivity contribution in [3.05, 3.63) is 42.7 Å². The molecule has 0 spiro atoms. The summed E-state index contributed by atoms with van der Waals surface area (Å²) in [6.45, 7) is 1.60. The van der Waals surface area contributed by atoms with E-state index >= 15 is 0 Å². The number of nitrogen functional groups attached to an aromatic ring is 1. The number of hydrogen-bond donors (Lipinski definition) is 9. The van der Waals surface area contributed by atoms with Crippen LogP contribution in [-0.4, -0.2) is 116 Å². The summed E-state index contributed by atoms with van der Waals surface area (Å²) in [7, 11) is -16.6. The van der Waals surface area contributed by atoms with Crippen LogP contribution >= 0.6 is 23.5 Å². The summed E-state index contributed by atoms with van der Waals surface area (Å²) >= 11 is 0.